The zero-order chi connectivity index (χ0) is 17.2. The molecule has 0 saturated carbocycles. The summed E-state index contributed by atoms with van der Waals surface area (Å²) in [6, 6.07) is 15.6. The van der Waals surface area contributed by atoms with E-state index in [2.05, 4.69) is 20.8 Å². The molecule has 1 heterocycles. The molecule has 2 aromatic carbocycles. The molecule has 0 aliphatic carbocycles. The Balaban J connectivity index is 1.83. The smallest absolute Gasteiger partial charge is 0.489 e. The van der Waals surface area contributed by atoms with E-state index < -0.39 is 7.12 Å². The standard InChI is InChI=1S/C19H22BClO3/c1-14-12-19(2,3)24-20(23-14)17-11-16(21)9-10-18(17)22-13-15-7-5-4-6-8-15/h4-11,14H,12-13H2,1-3H3. The maximum Gasteiger partial charge on any atom is 0.498 e. The molecule has 1 unspecified atom stereocenters. The van der Waals surface area contributed by atoms with Gasteiger partial charge in [-0.3, -0.25) is 0 Å². The lowest BCUT2D eigenvalue weighted by molar-refractivity contribution is -0.0231. The average Bonchev–Trinajstić information content (AvgIpc) is 2.52. The summed E-state index contributed by atoms with van der Waals surface area (Å²) in [4.78, 5) is 0. The molecular weight excluding hydrogens is 322 g/mol. The van der Waals surface area contributed by atoms with Gasteiger partial charge in [-0.1, -0.05) is 41.9 Å². The number of rotatable bonds is 4. The normalized spacial score (nSPS) is 20.0. The van der Waals surface area contributed by atoms with Crippen LogP contribution in [0.3, 0.4) is 0 Å². The number of hydrogen-bond acceptors (Lipinski definition) is 3. The first-order valence-electron chi connectivity index (χ1n) is 8.22. The monoisotopic (exact) mass is 344 g/mol. The largest absolute Gasteiger partial charge is 0.498 e. The van der Waals surface area contributed by atoms with Crippen molar-refractivity contribution in [2.24, 2.45) is 0 Å². The van der Waals surface area contributed by atoms with Gasteiger partial charge in [0.05, 0.1) is 5.60 Å². The SMILES string of the molecule is CC1CC(C)(C)OB(c2cc(Cl)ccc2OCc2ccccc2)O1. The quantitative estimate of drug-likeness (QED) is 0.777. The predicted octanol–water partition coefficient (Wildman–Crippen LogP) is 4.22. The lowest BCUT2D eigenvalue weighted by Gasteiger charge is -2.38. The highest BCUT2D eigenvalue weighted by Gasteiger charge is 2.39. The first-order valence-corrected chi connectivity index (χ1v) is 8.60. The van der Waals surface area contributed by atoms with E-state index >= 15 is 0 Å². The number of ether oxygens (including phenoxy) is 1. The zero-order valence-corrected chi connectivity index (χ0v) is 15.0. The minimum absolute atomic E-state index is 0.111. The first-order chi connectivity index (χ1) is 11.4. The van der Waals surface area contributed by atoms with Crippen molar-refractivity contribution in [1.29, 1.82) is 0 Å². The topological polar surface area (TPSA) is 27.7 Å². The molecule has 0 spiro atoms. The maximum absolute atomic E-state index is 6.19. The molecule has 0 bridgehead atoms. The molecule has 1 fully saturated rings. The third-order valence-electron chi connectivity index (χ3n) is 4.02. The van der Waals surface area contributed by atoms with Crippen molar-refractivity contribution in [2.45, 2.75) is 45.5 Å². The van der Waals surface area contributed by atoms with Gasteiger partial charge in [0.25, 0.3) is 0 Å². The maximum atomic E-state index is 6.19. The minimum Gasteiger partial charge on any atom is -0.489 e. The highest BCUT2D eigenvalue weighted by atomic mass is 35.5. The Kier molecular flexibility index (Phi) is 5.19. The Morgan fingerprint density at radius 2 is 1.96 bits per heavy atom. The molecule has 0 radical (unpaired) electrons. The van der Waals surface area contributed by atoms with Gasteiger partial charge in [-0.25, -0.2) is 0 Å². The molecule has 24 heavy (non-hydrogen) atoms. The molecule has 1 saturated heterocycles. The Morgan fingerprint density at radius 3 is 2.67 bits per heavy atom. The van der Waals surface area contributed by atoms with Crippen molar-refractivity contribution in [2.75, 3.05) is 0 Å². The van der Waals surface area contributed by atoms with Gasteiger partial charge in [0.15, 0.2) is 0 Å². The average molecular weight is 345 g/mol. The fraction of sp³-hybridized carbons (Fsp3) is 0.368. The third-order valence-corrected chi connectivity index (χ3v) is 4.26. The molecule has 1 atom stereocenters. The van der Waals surface area contributed by atoms with Crippen molar-refractivity contribution < 1.29 is 14.0 Å². The molecule has 5 heteroatoms. The summed E-state index contributed by atoms with van der Waals surface area (Å²) in [7, 11) is -0.478. The predicted molar refractivity (Wildman–Crippen MR) is 97.9 cm³/mol. The first kappa shape index (κ1) is 17.3. The van der Waals surface area contributed by atoms with E-state index in [4.69, 9.17) is 25.6 Å². The Labute approximate surface area is 149 Å². The van der Waals surface area contributed by atoms with Gasteiger partial charge in [0, 0.05) is 16.6 Å². The molecular formula is C19H22BClO3. The van der Waals surface area contributed by atoms with Gasteiger partial charge in [-0.05, 0) is 51.0 Å². The zero-order valence-electron chi connectivity index (χ0n) is 14.3. The molecule has 126 valence electrons. The highest BCUT2D eigenvalue weighted by Crippen LogP contribution is 2.28. The van der Waals surface area contributed by atoms with E-state index in [0.717, 1.165) is 23.2 Å². The fourth-order valence-electron chi connectivity index (χ4n) is 3.02. The van der Waals surface area contributed by atoms with Crippen molar-refractivity contribution in [3.05, 3.63) is 59.1 Å². The molecule has 3 rings (SSSR count). The molecule has 2 aromatic rings. The number of benzene rings is 2. The van der Waals surface area contributed by atoms with Crippen LogP contribution in [0.5, 0.6) is 5.75 Å². The van der Waals surface area contributed by atoms with E-state index in [-0.39, 0.29) is 11.7 Å². The number of halogens is 1. The fourth-order valence-corrected chi connectivity index (χ4v) is 3.20. The molecule has 0 amide bonds. The molecule has 0 N–H and O–H groups in total. The summed E-state index contributed by atoms with van der Waals surface area (Å²) in [5.74, 6) is 0.734. The van der Waals surface area contributed by atoms with Crippen molar-refractivity contribution in [3.63, 3.8) is 0 Å². The van der Waals surface area contributed by atoms with Crippen LogP contribution in [0.2, 0.25) is 5.02 Å². The van der Waals surface area contributed by atoms with Crippen molar-refractivity contribution in [3.8, 4) is 5.75 Å². The van der Waals surface area contributed by atoms with Gasteiger partial charge in [0.1, 0.15) is 12.4 Å². The second-order valence-corrected chi connectivity index (χ2v) is 7.25. The summed E-state index contributed by atoms with van der Waals surface area (Å²) >= 11 is 6.19. The van der Waals surface area contributed by atoms with E-state index in [1.54, 1.807) is 0 Å². The van der Waals surface area contributed by atoms with Crippen LogP contribution in [0, 0.1) is 0 Å². The summed E-state index contributed by atoms with van der Waals surface area (Å²) in [5.41, 5.74) is 1.69. The molecule has 1 aliphatic rings. The molecule has 3 nitrogen and oxygen atoms in total. The second-order valence-electron chi connectivity index (χ2n) is 6.82. The van der Waals surface area contributed by atoms with Crippen LogP contribution in [0.4, 0.5) is 0 Å². The van der Waals surface area contributed by atoms with E-state index in [1.165, 1.54) is 0 Å². The second kappa shape index (κ2) is 7.18. The lowest BCUT2D eigenvalue weighted by atomic mass is 9.74. The molecule has 1 aliphatic heterocycles. The van der Waals surface area contributed by atoms with E-state index in [0.29, 0.717) is 11.6 Å². The van der Waals surface area contributed by atoms with Crippen LogP contribution in [0.25, 0.3) is 0 Å². The minimum atomic E-state index is -0.478. The van der Waals surface area contributed by atoms with Crippen LogP contribution in [-0.4, -0.2) is 18.8 Å². The lowest BCUT2D eigenvalue weighted by Crippen LogP contribution is -2.52. The van der Waals surface area contributed by atoms with Gasteiger partial charge >= 0.3 is 7.12 Å². The summed E-state index contributed by atoms with van der Waals surface area (Å²) in [6.07, 6.45) is 0.962. The van der Waals surface area contributed by atoms with Gasteiger partial charge in [-0.15, -0.1) is 0 Å². The highest BCUT2D eigenvalue weighted by molar-refractivity contribution is 6.63. The van der Waals surface area contributed by atoms with Crippen molar-refractivity contribution >= 4 is 24.2 Å². The van der Waals surface area contributed by atoms with Crippen LogP contribution in [0.15, 0.2) is 48.5 Å². The van der Waals surface area contributed by atoms with E-state index in [9.17, 15) is 0 Å². The Bertz CT molecular complexity index is 690. The summed E-state index contributed by atoms with van der Waals surface area (Å²) < 4.78 is 18.1. The number of hydrogen-bond donors (Lipinski definition) is 0. The van der Waals surface area contributed by atoms with Crippen LogP contribution in [0.1, 0.15) is 32.8 Å². The Hall–Kier alpha value is -1.49. The van der Waals surface area contributed by atoms with Crippen molar-refractivity contribution in [1.82, 2.24) is 0 Å². The summed E-state index contributed by atoms with van der Waals surface area (Å²) in [5, 5.41) is 0.639. The van der Waals surface area contributed by atoms with Gasteiger partial charge in [-0.2, -0.15) is 0 Å². The van der Waals surface area contributed by atoms with Crippen LogP contribution >= 0.6 is 11.6 Å². The summed E-state index contributed by atoms with van der Waals surface area (Å²) in [6.45, 7) is 6.70. The van der Waals surface area contributed by atoms with Gasteiger partial charge in [0.2, 0.25) is 0 Å². The van der Waals surface area contributed by atoms with Crippen LogP contribution in [-0.2, 0) is 15.9 Å². The van der Waals surface area contributed by atoms with Crippen LogP contribution < -0.4 is 10.2 Å². The third kappa shape index (κ3) is 4.32. The molecule has 0 aromatic heterocycles. The van der Waals surface area contributed by atoms with Gasteiger partial charge < -0.3 is 14.0 Å². The van der Waals surface area contributed by atoms with E-state index in [1.807, 2.05) is 48.5 Å². The Morgan fingerprint density at radius 1 is 1.21 bits per heavy atom.